The SMILES string of the molecule is CC#CCOCCOCCOCCNCC. The van der Waals surface area contributed by atoms with Crippen molar-refractivity contribution < 1.29 is 14.2 Å². The minimum atomic E-state index is 0.485. The lowest BCUT2D eigenvalue weighted by Gasteiger charge is -2.05. The zero-order valence-corrected chi connectivity index (χ0v) is 10.4. The van der Waals surface area contributed by atoms with Gasteiger partial charge in [0.25, 0.3) is 0 Å². The standard InChI is InChI=1S/C12H23NO3/c1-3-5-7-14-9-11-16-12-10-15-8-6-13-4-2/h13H,4,6-12H2,1-2H3. The fourth-order valence-corrected chi connectivity index (χ4v) is 0.956. The van der Waals surface area contributed by atoms with Gasteiger partial charge in [-0.3, -0.25) is 0 Å². The lowest BCUT2D eigenvalue weighted by molar-refractivity contribution is 0.0210. The molecule has 0 saturated heterocycles. The molecule has 0 aromatic rings. The highest BCUT2D eigenvalue weighted by molar-refractivity contribution is 4.94. The topological polar surface area (TPSA) is 39.7 Å². The lowest BCUT2D eigenvalue weighted by Crippen LogP contribution is -2.20. The highest BCUT2D eigenvalue weighted by Crippen LogP contribution is 1.80. The molecule has 0 aromatic heterocycles. The van der Waals surface area contributed by atoms with Gasteiger partial charge in [0.1, 0.15) is 6.61 Å². The highest BCUT2D eigenvalue weighted by Gasteiger charge is 1.90. The molecule has 0 aliphatic heterocycles. The first kappa shape index (κ1) is 15.4. The van der Waals surface area contributed by atoms with Gasteiger partial charge in [0.05, 0.1) is 33.0 Å². The fourth-order valence-electron chi connectivity index (χ4n) is 0.956. The van der Waals surface area contributed by atoms with Crippen LogP contribution in [0.25, 0.3) is 0 Å². The Morgan fingerprint density at radius 3 is 2.19 bits per heavy atom. The van der Waals surface area contributed by atoms with Gasteiger partial charge in [0, 0.05) is 6.54 Å². The van der Waals surface area contributed by atoms with Crippen molar-refractivity contribution in [3.05, 3.63) is 0 Å². The maximum atomic E-state index is 5.33. The normalized spacial score (nSPS) is 9.88. The molecule has 4 heteroatoms. The van der Waals surface area contributed by atoms with Crippen molar-refractivity contribution in [2.75, 3.05) is 52.7 Å². The molecule has 0 unspecified atom stereocenters. The Hall–Kier alpha value is -0.600. The number of hydrogen-bond acceptors (Lipinski definition) is 4. The average molecular weight is 229 g/mol. The zero-order valence-electron chi connectivity index (χ0n) is 10.4. The molecule has 0 bridgehead atoms. The summed E-state index contributed by atoms with van der Waals surface area (Å²) in [4.78, 5) is 0. The Bertz CT molecular complexity index is 186. The van der Waals surface area contributed by atoms with Crippen molar-refractivity contribution in [2.24, 2.45) is 0 Å². The highest BCUT2D eigenvalue weighted by atomic mass is 16.5. The van der Waals surface area contributed by atoms with Crippen molar-refractivity contribution in [3.8, 4) is 11.8 Å². The Morgan fingerprint density at radius 1 is 0.938 bits per heavy atom. The molecule has 0 spiro atoms. The van der Waals surface area contributed by atoms with E-state index in [-0.39, 0.29) is 0 Å². The molecule has 0 fully saturated rings. The summed E-state index contributed by atoms with van der Waals surface area (Å²) in [5.74, 6) is 5.58. The van der Waals surface area contributed by atoms with E-state index in [9.17, 15) is 0 Å². The van der Waals surface area contributed by atoms with E-state index in [1.54, 1.807) is 6.92 Å². The van der Waals surface area contributed by atoms with Crippen molar-refractivity contribution in [2.45, 2.75) is 13.8 Å². The monoisotopic (exact) mass is 229 g/mol. The number of rotatable bonds is 11. The van der Waals surface area contributed by atoms with Gasteiger partial charge in [-0.1, -0.05) is 12.8 Å². The average Bonchev–Trinajstić information content (AvgIpc) is 2.31. The van der Waals surface area contributed by atoms with Gasteiger partial charge >= 0.3 is 0 Å². The van der Waals surface area contributed by atoms with Crippen LogP contribution in [0.2, 0.25) is 0 Å². The quantitative estimate of drug-likeness (QED) is 0.417. The Balaban J connectivity index is 2.89. The molecular weight excluding hydrogens is 206 g/mol. The van der Waals surface area contributed by atoms with E-state index in [0.29, 0.717) is 33.0 Å². The van der Waals surface area contributed by atoms with Gasteiger partial charge in [-0.2, -0.15) is 0 Å². The second-order valence-corrected chi connectivity index (χ2v) is 3.06. The van der Waals surface area contributed by atoms with E-state index in [4.69, 9.17) is 14.2 Å². The minimum Gasteiger partial charge on any atom is -0.378 e. The van der Waals surface area contributed by atoms with Crippen molar-refractivity contribution in [1.82, 2.24) is 5.32 Å². The number of hydrogen-bond donors (Lipinski definition) is 1. The van der Waals surface area contributed by atoms with Crippen LogP contribution < -0.4 is 5.32 Å². The molecule has 0 atom stereocenters. The molecular formula is C12H23NO3. The molecule has 0 saturated carbocycles. The van der Waals surface area contributed by atoms with Crippen LogP contribution in [-0.2, 0) is 14.2 Å². The molecule has 16 heavy (non-hydrogen) atoms. The molecule has 0 heterocycles. The van der Waals surface area contributed by atoms with Crippen LogP contribution in [0.4, 0.5) is 0 Å². The number of likely N-dealkylation sites (N-methyl/N-ethyl adjacent to an activating group) is 1. The third-order valence-electron chi connectivity index (χ3n) is 1.77. The maximum absolute atomic E-state index is 5.33. The first-order valence-corrected chi connectivity index (χ1v) is 5.75. The molecule has 1 N–H and O–H groups in total. The van der Waals surface area contributed by atoms with Crippen LogP contribution in [0.5, 0.6) is 0 Å². The molecule has 94 valence electrons. The second kappa shape index (κ2) is 14.4. The third kappa shape index (κ3) is 13.4. The van der Waals surface area contributed by atoms with Gasteiger partial charge in [0.2, 0.25) is 0 Å². The van der Waals surface area contributed by atoms with E-state index in [2.05, 4.69) is 24.1 Å². The molecule has 0 aliphatic rings. The predicted octanol–water partition coefficient (Wildman–Crippen LogP) is 0.669. The van der Waals surface area contributed by atoms with Gasteiger partial charge in [-0.25, -0.2) is 0 Å². The van der Waals surface area contributed by atoms with Crippen LogP contribution in [0.1, 0.15) is 13.8 Å². The van der Waals surface area contributed by atoms with E-state index < -0.39 is 0 Å². The number of nitrogens with one attached hydrogen (secondary N) is 1. The zero-order chi connectivity index (χ0) is 11.9. The van der Waals surface area contributed by atoms with Crippen LogP contribution >= 0.6 is 0 Å². The van der Waals surface area contributed by atoms with Crippen LogP contribution in [0, 0.1) is 11.8 Å². The summed E-state index contributed by atoms with van der Waals surface area (Å²) in [5.41, 5.74) is 0. The molecule has 0 aliphatic carbocycles. The van der Waals surface area contributed by atoms with Gasteiger partial charge in [-0.05, 0) is 13.5 Å². The van der Waals surface area contributed by atoms with Crippen molar-refractivity contribution in [1.29, 1.82) is 0 Å². The van der Waals surface area contributed by atoms with Crippen LogP contribution in [0.3, 0.4) is 0 Å². The van der Waals surface area contributed by atoms with Gasteiger partial charge in [-0.15, -0.1) is 5.92 Å². The second-order valence-electron chi connectivity index (χ2n) is 3.06. The Kier molecular flexibility index (Phi) is 13.9. The Morgan fingerprint density at radius 2 is 1.56 bits per heavy atom. The third-order valence-corrected chi connectivity index (χ3v) is 1.77. The molecule has 0 aromatic carbocycles. The predicted molar refractivity (Wildman–Crippen MR) is 64.5 cm³/mol. The van der Waals surface area contributed by atoms with Gasteiger partial charge < -0.3 is 19.5 Å². The summed E-state index contributed by atoms with van der Waals surface area (Å²) in [7, 11) is 0. The fraction of sp³-hybridized carbons (Fsp3) is 0.833. The molecule has 0 amide bonds. The first-order valence-electron chi connectivity index (χ1n) is 5.75. The summed E-state index contributed by atoms with van der Waals surface area (Å²) in [5, 5.41) is 3.18. The van der Waals surface area contributed by atoms with Gasteiger partial charge in [0.15, 0.2) is 0 Å². The van der Waals surface area contributed by atoms with E-state index >= 15 is 0 Å². The smallest absolute Gasteiger partial charge is 0.107 e. The summed E-state index contributed by atoms with van der Waals surface area (Å²) >= 11 is 0. The van der Waals surface area contributed by atoms with Crippen molar-refractivity contribution >= 4 is 0 Å². The van der Waals surface area contributed by atoms with Crippen molar-refractivity contribution in [3.63, 3.8) is 0 Å². The molecule has 0 radical (unpaired) electrons. The largest absolute Gasteiger partial charge is 0.378 e. The summed E-state index contributed by atoms with van der Waals surface area (Å²) < 4.78 is 15.8. The molecule has 4 nitrogen and oxygen atoms in total. The maximum Gasteiger partial charge on any atom is 0.107 e. The van der Waals surface area contributed by atoms with Crippen LogP contribution in [-0.4, -0.2) is 52.7 Å². The number of ether oxygens (including phenoxy) is 3. The summed E-state index contributed by atoms with van der Waals surface area (Å²) in [6.07, 6.45) is 0. The summed E-state index contributed by atoms with van der Waals surface area (Å²) in [6, 6.07) is 0. The lowest BCUT2D eigenvalue weighted by atomic mass is 10.6. The van der Waals surface area contributed by atoms with Crippen LogP contribution in [0.15, 0.2) is 0 Å². The Labute approximate surface area is 98.6 Å². The first-order chi connectivity index (χ1) is 7.91. The molecule has 0 rings (SSSR count). The van der Waals surface area contributed by atoms with E-state index in [1.807, 2.05) is 0 Å². The van der Waals surface area contributed by atoms with E-state index in [1.165, 1.54) is 0 Å². The summed E-state index contributed by atoms with van der Waals surface area (Å²) in [6.45, 7) is 9.42. The minimum absolute atomic E-state index is 0.485. The van der Waals surface area contributed by atoms with E-state index in [0.717, 1.165) is 19.7 Å².